The molecule has 0 aliphatic heterocycles. The predicted octanol–water partition coefficient (Wildman–Crippen LogP) is 3.61. The van der Waals surface area contributed by atoms with Crippen LogP contribution in [0.4, 0.5) is 0 Å². The molecule has 0 aromatic rings. The molecule has 0 bridgehead atoms. The van der Waals surface area contributed by atoms with E-state index in [1.54, 1.807) is 11.8 Å². The zero-order valence-corrected chi connectivity index (χ0v) is 15.3. The maximum atomic E-state index is 9.02. The Morgan fingerprint density at radius 3 is 2.00 bits per heavy atom. The molecule has 0 aliphatic carbocycles. The highest BCUT2D eigenvalue weighted by Gasteiger charge is 2.44. The second-order valence-electron chi connectivity index (χ2n) is 6.65. The zero-order valence-electron chi connectivity index (χ0n) is 13.5. The third-order valence-electron chi connectivity index (χ3n) is 3.84. The normalized spacial score (nSPS) is 13.9. The van der Waals surface area contributed by atoms with Crippen LogP contribution in [0.1, 0.15) is 47.0 Å². The Kier molecular flexibility index (Phi) is 8.22. The highest BCUT2D eigenvalue weighted by Crippen LogP contribution is 2.45. The first-order chi connectivity index (χ1) is 8.58. The average Bonchev–Trinajstić information content (AvgIpc) is 2.24. The smallest absolute Gasteiger partial charge is 0.194 e. The van der Waals surface area contributed by atoms with Gasteiger partial charge in [0.05, 0.1) is 4.93 Å². The van der Waals surface area contributed by atoms with Crippen LogP contribution in [-0.4, -0.2) is 42.4 Å². The minimum atomic E-state index is -1.86. The molecule has 0 atom stereocenters. The standard InChI is InChI=1S/C14H32O3SSi/c1-13(2,9-7-10-15)19(5,6)17-14(3,4)18-12-8-11-16/h15-16H,7-12H2,1-6H3. The molecule has 0 aliphatic rings. The van der Waals surface area contributed by atoms with E-state index in [1.165, 1.54) is 0 Å². The quantitative estimate of drug-likeness (QED) is 0.368. The Labute approximate surface area is 124 Å². The van der Waals surface area contributed by atoms with Crippen LogP contribution < -0.4 is 0 Å². The third kappa shape index (κ3) is 7.13. The summed E-state index contributed by atoms with van der Waals surface area (Å²) in [5.74, 6) is 0.922. The Bertz CT molecular complexity index is 255. The molecule has 0 aromatic carbocycles. The van der Waals surface area contributed by atoms with Gasteiger partial charge in [0.25, 0.3) is 0 Å². The first-order valence-corrected chi connectivity index (χ1v) is 11.0. The highest BCUT2D eigenvalue weighted by atomic mass is 32.2. The molecule has 0 fully saturated rings. The fourth-order valence-electron chi connectivity index (χ4n) is 1.99. The SMILES string of the molecule is CC(C)(O[Si](C)(C)C(C)(C)CCCO)SCCCO. The Balaban J connectivity index is 4.54. The van der Waals surface area contributed by atoms with Crippen molar-refractivity contribution in [1.82, 2.24) is 0 Å². The van der Waals surface area contributed by atoms with Crippen LogP contribution in [0, 0.1) is 0 Å². The molecule has 5 heteroatoms. The summed E-state index contributed by atoms with van der Waals surface area (Å²) in [6.07, 6.45) is 2.65. The number of hydrogen-bond acceptors (Lipinski definition) is 4. The van der Waals surface area contributed by atoms with E-state index in [1.807, 2.05) is 0 Å². The summed E-state index contributed by atoms with van der Waals surface area (Å²) in [7, 11) is -1.86. The van der Waals surface area contributed by atoms with Crippen molar-refractivity contribution in [3.8, 4) is 0 Å². The van der Waals surface area contributed by atoms with Crippen molar-refractivity contribution < 1.29 is 14.6 Å². The lowest BCUT2D eigenvalue weighted by molar-refractivity contribution is 0.178. The summed E-state index contributed by atoms with van der Waals surface area (Å²) in [5.41, 5.74) is 0. The summed E-state index contributed by atoms with van der Waals surface area (Å²) in [5, 5.41) is 18.0. The van der Waals surface area contributed by atoms with Gasteiger partial charge in [-0.2, -0.15) is 0 Å². The summed E-state index contributed by atoms with van der Waals surface area (Å²) in [4.78, 5) is -0.207. The summed E-state index contributed by atoms with van der Waals surface area (Å²) < 4.78 is 6.47. The maximum absolute atomic E-state index is 9.02. The van der Waals surface area contributed by atoms with E-state index in [9.17, 15) is 0 Å². The lowest BCUT2D eigenvalue weighted by atomic mass is 10.1. The van der Waals surface area contributed by atoms with Gasteiger partial charge in [-0.25, -0.2) is 0 Å². The van der Waals surface area contributed by atoms with Crippen molar-refractivity contribution in [2.24, 2.45) is 0 Å². The lowest BCUT2D eigenvalue weighted by Gasteiger charge is -2.44. The number of aliphatic hydroxyl groups is 2. The molecule has 2 N–H and O–H groups in total. The van der Waals surface area contributed by atoms with Crippen molar-refractivity contribution >= 4 is 20.1 Å². The Morgan fingerprint density at radius 1 is 1.00 bits per heavy atom. The van der Waals surface area contributed by atoms with Gasteiger partial charge in [-0.1, -0.05) is 13.8 Å². The fraction of sp³-hybridized carbons (Fsp3) is 1.00. The highest BCUT2D eigenvalue weighted by molar-refractivity contribution is 8.00. The molecule has 0 spiro atoms. The van der Waals surface area contributed by atoms with Crippen LogP contribution in [0.3, 0.4) is 0 Å². The monoisotopic (exact) mass is 308 g/mol. The molecule has 0 rings (SSSR count). The van der Waals surface area contributed by atoms with Crippen LogP contribution in [0.2, 0.25) is 18.1 Å². The molecule has 0 aromatic heterocycles. The molecular formula is C14H32O3SSi. The number of rotatable bonds is 10. The number of hydrogen-bond donors (Lipinski definition) is 2. The summed E-state index contributed by atoms with van der Waals surface area (Å²) in [6.45, 7) is 13.8. The molecule has 0 amide bonds. The molecular weight excluding hydrogens is 276 g/mol. The predicted molar refractivity (Wildman–Crippen MR) is 87.2 cm³/mol. The van der Waals surface area contributed by atoms with Crippen molar-refractivity contribution in [3.63, 3.8) is 0 Å². The van der Waals surface area contributed by atoms with Gasteiger partial charge in [-0.15, -0.1) is 11.8 Å². The van der Waals surface area contributed by atoms with Crippen molar-refractivity contribution in [1.29, 1.82) is 0 Å². The Hall–Kier alpha value is 0.447. The van der Waals surface area contributed by atoms with E-state index >= 15 is 0 Å². The van der Waals surface area contributed by atoms with Gasteiger partial charge in [0.2, 0.25) is 0 Å². The van der Waals surface area contributed by atoms with Gasteiger partial charge in [0.1, 0.15) is 0 Å². The van der Waals surface area contributed by atoms with Gasteiger partial charge in [0, 0.05) is 13.2 Å². The van der Waals surface area contributed by atoms with Crippen LogP contribution in [0.15, 0.2) is 0 Å². The van der Waals surface area contributed by atoms with E-state index in [4.69, 9.17) is 14.6 Å². The van der Waals surface area contributed by atoms with Gasteiger partial charge < -0.3 is 14.6 Å². The van der Waals surface area contributed by atoms with E-state index in [2.05, 4.69) is 40.8 Å². The summed E-state index contributed by atoms with van der Waals surface area (Å²) in [6, 6.07) is 0. The van der Waals surface area contributed by atoms with Crippen molar-refractivity contribution in [2.45, 2.75) is 70.0 Å². The maximum Gasteiger partial charge on any atom is 0.194 e. The Morgan fingerprint density at radius 2 is 1.53 bits per heavy atom. The van der Waals surface area contributed by atoms with Gasteiger partial charge in [0.15, 0.2) is 8.32 Å². The first-order valence-electron chi connectivity index (χ1n) is 7.14. The van der Waals surface area contributed by atoms with Crippen molar-refractivity contribution in [2.75, 3.05) is 19.0 Å². The van der Waals surface area contributed by atoms with Crippen LogP contribution in [-0.2, 0) is 4.43 Å². The first kappa shape index (κ1) is 19.4. The van der Waals surface area contributed by atoms with Crippen LogP contribution in [0.5, 0.6) is 0 Å². The van der Waals surface area contributed by atoms with E-state index in [0.717, 1.165) is 25.0 Å². The van der Waals surface area contributed by atoms with Gasteiger partial charge >= 0.3 is 0 Å². The number of aliphatic hydroxyl groups excluding tert-OH is 2. The minimum absolute atomic E-state index is 0.143. The zero-order chi connectivity index (χ0) is 15.2. The average molecular weight is 309 g/mol. The molecule has 0 unspecified atom stereocenters. The molecule has 0 radical (unpaired) electrons. The second-order valence-corrected chi connectivity index (χ2v) is 12.9. The van der Waals surface area contributed by atoms with Gasteiger partial charge in [-0.05, 0) is 57.0 Å². The second kappa shape index (κ2) is 8.03. The molecule has 0 heterocycles. The number of thioether (sulfide) groups is 1. The van der Waals surface area contributed by atoms with Crippen LogP contribution >= 0.6 is 11.8 Å². The molecule has 3 nitrogen and oxygen atoms in total. The van der Waals surface area contributed by atoms with Crippen molar-refractivity contribution in [3.05, 3.63) is 0 Å². The lowest BCUT2D eigenvalue weighted by Crippen LogP contribution is -2.47. The fourth-order valence-corrected chi connectivity index (χ4v) is 5.90. The summed E-state index contributed by atoms with van der Waals surface area (Å²) >= 11 is 1.77. The molecule has 116 valence electrons. The van der Waals surface area contributed by atoms with Gasteiger partial charge in [-0.3, -0.25) is 0 Å². The molecule has 0 saturated heterocycles. The van der Waals surface area contributed by atoms with Crippen LogP contribution in [0.25, 0.3) is 0 Å². The minimum Gasteiger partial charge on any atom is -0.403 e. The molecule has 0 saturated carbocycles. The van der Waals surface area contributed by atoms with E-state index in [0.29, 0.717) is 0 Å². The third-order valence-corrected chi connectivity index (χ3v) is 9.79. The largest absolute Gasteiger partial charge is 0.403 e. The topological polar surface area (TPSA) is 49.7 Å². The van der Waals surface area contributed by atoms with E-state index < -0.39 is 8.32 Å². The van der Waals surface area contributed by atoms with E-state index in [-0.39, 0.29) is 23.2 Å². The molecule has 19 heavy (non-hydrogen) atoms.